The van der Waals surface area contributed by atoms with Crippen LogP contribution >= 0.6 is 0 Å². The quantitative estimate of drug-likeness (QED) is 0.786. The van der Waals surface area contributed by atoms with Gasteiger partial charge in [-0.2, -0.15) is 5.48 Å². The maximum atomic E-state index is 11.7. The maximum Gasteiger partial charge on any atom is 0.239 e. The molecule has 1 aromatic carbocycles. The molecule has 1 amide bonds. The lowest BCUT2D eigenvalue weighted by Gasteiger charge is -2.23. The van der Waals surface area contributed by atoms with Gasteiger partial charge in [-0.1, -0.05) is 30.3 Å². The zero-order valence-electron chi connectivity index (χ0n) is 11.5. The van der Waals surface area contributed by atoms with Crippen LogP contribution in [0.1, 0.15) is 33.3 Å². The number of carbonyl (C=O) groups excluding carboxylic acids is 1. The lowest BCUT2D eigenvalue weighted by Crippen LogP contribution is -2.49. The summed E-state index contributed by atoms with van der Waals surface area (Å²) in [5.74, 6) is -0.0736. The molecule has 100 valence electrons. The van der Waals surface area contributed by atoms with Crippen molar-refractivity contribution in [3.05, 3.63) is 35.9 Å². The molecule has 0 aromatic heterocycles. The van der Waals surface area contributed by atoms with E-state index in [-0.39, 0.29) is 17.5 Å². The maximum absolute atomic E-state index is 11.7. The summed E-state index contributed by atoms with van der Waals surface area (Å²) in [6, 6.07) is 9.43. The number of amides is 1. The highest BCUT2D eigenvalue weighted by Crippen LogP contribution is 2.01. The highest BCUT2D eigenvalue weighted by Gasteiger charge is 2.18. The van der Waals surface area contributed by atoms with Crippen molar-refractivity contribution < 1.29 is 9.63 Å². The average molecular weight is 250 g/mol. The monoisotopic (exact) mass is 250 g/mol. The van der Waals surface area contributed by atoms with E-state index in [1.165, 1.54) is 0 Å². The molecule has 0 radical (unpaired) electrons. The van der Waals surface area contributed by atoms with Crippen LogP contribution in [0.5, 0.6) is 0 Å². The lowest BCUT2D eigenvalue weighted by molar-refractivity contribution is -0.128. The molecule has 0 bridgehead atoms. The van der Waals surface area contributed by atoms with E-state index in [1.54, 1.807) is 6.92 Å². The van der Waals surface area contributed by atoms with E-state index in [2.05, 4.69) is 10.8 Å². The van der Waals surface area contributed by atoms with Gasteiger partial charge in [0, 0.05) is 5.54 Å². The second-order valence-electron chi connectivity index (χ2n) is 5.35. The van der Waals surface area contributed by atoms with Gasteiger partial charge in [-0.15, -0.1) is 0 Å². The summed E-state index contributed by atoms with van der Waals surface area (Å²) >= 11 is 0. The van der Waals surface area contributed by atoms with Crippen LogP contribution in [0.4, 0.5) is 0 Å². The van der Waals surface area contributed by atoms with Gasteiger partial charge in [-0.3, -0.25) is 9.63 Å². The van der Waals surface area contributed by atoms with Gasteiger partial charge in [0.2, 0.25) is 5.91 Å². The van der Waals surface area contributed by atoms with E-state index in [9.17, 15) is 4.79 Å². The number of hydrogen-bond acceptors (Lipinski definition) is 3. The highest BCUT2D eigenvalue weighted by molar-refractivity contribution is 5.81. The first-order valence-electron chi connectivity index (χ1n) is 6.12. The van der Waals surface area contributed by atoms with Gasteiger partial charge in [0.25, 0.3) is 0 Å². The van der Waals surface area contributed by atoms with Crippen LogP contribution in [-0.4, -0.2) is 17.5 Å². The first-order valence-corrected chi connectivity index (χ1v) is 6.12. The predicted octanol–water partition coefficient (Wildman–Crippen LogP) is 2.01. The first kappa shape index (κ1) is 14.7. The molecule has 0 spiro atoms. The molecule has 2 N–H and O–H groups in total. The van der Waals surface area contributed by atoms with Crippen molar-refractivity contribution in [1.82, 2.24) is 10.8 Å². The molecule has 18 heavy (non-hydrogen) atoms. The number of hydroxylamine groups is 1. The molecule has 4 heteroatoms. The van der Waals surface area contributed by atoms with Crippen LogP contribution in [0.25, 0.3) is 0 Å². The van der Waals surface area contributed by atoms with Gasteiger partial charge < -0.3 is 5.32 Å². The molecule has 1 aromatic rings. The fraction of sp³-hybridized carbons (Fsp3) is 0.500. The summed E-state index contributed by atoms with van der Waals surface area (Å²) in [4.78, 5) is 17.1. The van der Waals surface area contributed by atoms with Gasteiger partial charge in [-0.05, 0) is 33.3 Å². The molecule has 0 aliphatic carbocycles. The Morgan fingerprint density at radius 2 is 1.89 bits per heavy atom. The van der Waals surface area contributed by atoms with Crippen LogP contribution in [0, 0.1) is 0 Å². The Morgan fingerprint density at radius 3 is 2.44 bits per heavy atom. The predicted molar refractivity (Wildman–Crippen MR) is 71.7 cm³/mol. The van der Waals surface area contributed by atoms with Gasteiger partial charge >= 0.3 is 0 Å². The van der Waals surface area contributed by atoms with Crippen molar-refractivity contribution in [1.29, 1.82) is 0 Å². The summed E-state index contributed by atoms with van der Waals surface area (Å²) in [5.41, 5.74) is 3.58. The van der Waals surface area contributed by atoms with Crippen LogP contribution in [0.2, 0.25) is 0 Å². The molecule has 0 aliphatic heterocycles. The summed E-state index contributed by atoms with van der Waals surface area (Å²) in [6.45, 7) is 8.05. The van der Waals surface area contributed by atoms with E-state index < -0.39 is 0 Å². The standard InChI is InChI=1S/C14H22N2O2/c1-11(13(17)15-14(2,3)4)16-18-10-12-8-6-5-7-9-12/h5-9,11,16H,10H2,1-4H3,(H,15,17). The van der Waals surface area contributed by atoms with Gasteiger partial charge in [-0.25, -0.2) is 0 Å². The second-order valence-corrected chi connectivity index (χ2v) is 5.35. The third-order valence-corrected chi connectivity index (χ3v) is 2.23. The fourth-order valence-electron chi connectivity index (χ4n) is 1.36. The van der Waals surface area contributed by atoms with E-state index >= 15 is 0 Å². The van der Waals surface area contributed by atoms with Crippen LogP contribution < -0.4 is 10.8 Å². The molecule has 1 unspecified atom stereocenters. The number of nitrogens with one attached hydrogen (secondary N) is 2. The largest absolute Gasteiger partial charge is 0.350 e. The minimum atomic E-state index is -0.382. The summed E-state index contributed by atoms with van der Waals surface area (Å²) in [5, 5.41) is 2.89. The minimum Gasteiger partial charge on any atom is -0.350 e. The van der Waals surface area contributed by atoms with Gasteiger partial charge in [0.15, 0.2) is 0 Å². The van der Waals surface area contributed by atoms with Crippen LogP contribution in [0.3, 0.4) is 0 Å². The van der Waals surface area contributed by atoms with E-state index in [1.807, 2.05) is 51.1 Å². The molecule has 4 nitrogen and oxygen atoms in total. The number of carbonyl (C=O) groups is 1. The van der Waals surface area contributed by atoms with Crippen molar-refractivity contribution in [2.45, 2.75) is 45.9 Å². The SMILES string of the molecule is CC(NOCc1ccccc1)C(=O)NC(C)(C)C. The number of benzene rings is 1. The summed E-state index contributed by atoms with van der Waals surface area (Å²) < 4.78 is 0. The van der Waals surface area contributed by atoms with E-state index in [4.69, 9.17) is 4.84 Å². The first-order chi connectivity index (χ1) is 8.38. The molecular formula is C14H22N2O2. The lowest BCUT2D eigenvalue weighted by atomic mass is 10.1. The van der Waals surface area contributed by atoms with Crippen molar-refractivity contribution >= 4 is 5.91 Å². The summed E-state index contributed by atoms with van der Waals surface area (Å²) in [7, 11) is 0. The number of rotatable bonds is 5. The molecule has 0 aliphatic rings. The summed E-state index contributed by atoms with van der Waals surface area (Å²) in [6.07, 6.45) is 0. The topological polar surface area (TPSA) is 50.4 Å². The Labute approximate surface area is 109 Å². The molecule has 0 heterocycles. The Morgan fingerprint density at radius 1 is 1.28 bits per heavy atom. The highest BCUT2D eigenvalue weighted by atomic mass is 16.6. The molecular weight excluding hydrogens is 228 g/mol. The molecule has 0 saturated heterocycles. The zero-order valence-corrected chi connectivity index (χ0v) is 11.5. The molecule has 1 rings (SSSR count). The van der Waals surface area contributed by atoms with Gasteiger partial charge in [0.05, 0.1) is 6.61 Å². The zero-order chi connectivity index (χ0) is 13.6. The third kappa shape index (κ3) is 5.80. The Kier molecular flexibility index (Phi) is 5.31. The second kappa shape index (κ2) is 6.52. The van der Waals surface area contributed by atoms with Crippen LogP contribution in [0.15, 0.2) is 30.3 Å². The van der Waals surface area contributed by atoms with Crippen molar-refractivity contribution in [3.63, 3.8) is 0 Å². The fourth-order valence-corrected chi connectivity index (χ4v) is 1.36. The Hall–Kier alpha value is -1.39. The van der Waals surface area contributed by atoms with E-state index in [0.717, 1.165) is 5.56 Å². The minimum absolute atomic E-state index is 0.0736. The van der Waals surface area contributed by atoms with Crippen molar-refractivity contribution in [2.24, 2.45) is 0 Å². The third-order valence-electron chi connectivity index (χ3n) is 2.23. The van der Waals surface area contributed by atoms with Crippen LogP contribution in [-0.2, 0) is 16.2 Å². The number of hydrogen-bond donors (Lipinski definition) is 2. The molecule has 0 fully saturated rings. The Bertz CT molecular complexity index is 371. The Balaban J connectivity index is 2.29. The van der Waals surface area contributed by atoms with Crippen molar-refractivity contribution in [3.8, 4) is 0 Å². The van der Waals surface area contributed by atoms with Gasteiger partial charge in [0.1, 0.15) is 6.04 Å². The van der Waals surface area contributed by atoms with E-state index in [0.29, 0.717) is 6.61 Å². The normalized spacial score (nSPS) is 13.1. The average Bonchev–Trinajstić information content (AvgIpc) is 2.28. The molecule has 1 atom stereocenters. The van der Waals surface area contributed by atoms with Crippen molar-refractivity contribution in [2.75, 3.05) is 0 Å². The molecule has 0 saturated carbocycles. The smallest absolute Gasteiger partial charge is 0.239 e.